The Kier molecular flexibility index (Phi) is 5.15. The molecule has 1 aliphatic carbocycles. The van der Waals surface area contributed by atoms with Crippen LogP contribution >= 0.6 is 0 Å². The number of nitro groups is 1. The van der Waals surface area contributed by atoms with E-state index in [2.05, 4.69) is 10.6 Å². The second kappa shape index (κ2) is 7.08. The minimum atomic E-state index is -0.773. The van der Waals surface area contributed by atoms with Gasteiger partial charge in [-0.15, -0.1) is 0 Å². The van der Waals surface area contributed by atoms with Crippen molar-refractivity contribution < 1.29 is 19.2 Å². The first-order chi connectivity index (χ1) is 10.9. The summed E-state index contributed by atoms with van der Waals surface area (Å²) in [7, 11) is 1.55. The van der Waals surface area contributed by atoms with Gasteiger partial charge in [0, 0.05) is 19.2 Å². The zero-order valence-corrected chi connectivity index (χ0v) is 13.0. The van der Waals surface area contributed by atoms with Crippen molar-refractivity contribution in [2.75, 3.05) is 19.0 Å². The Bertz CT molecular complexity index is 628. The number of hydrogen-bond acceptors (Lipinski definition) is 6. The van der Waals surface area contributed by atoms with Crippen LogP contribution in [0.3, 0.4) is 0 Å². The predicted molar refractivity (Wildman–Crippen MR) is 83.3 cm³/mol. The highest BCUT2D eigenvalue weighted by molar-refractivity contribution is 5.93. The number of carbonyl (C=O) groups is 2. The van der Waals surface area contributed by atoms with E-state index in [0.29, 0.717) is 11.6 Å². The molecule has 8 nitrogen and oxygen atoms in total. The summed E-state index contributed by atoms with van der Waals surface area (Å²) in [6.07, 6.45) is 2.20. The maximum atomic E-state index is 11.9. The molecule has 0 radical (unpaired) electrons. The van der Waals surface area contributed by atoms with Gasteiger partial charge >= 0.3 is 5.97 Å². The van der Waals surface area contributed by atoms with Crippen LogP contribution in [0.25, 0.3) is 0 Å². The number of hydrogen-bond donors (Lipinski definition) is 2. The molecule has 8 heteroatoms. The molecule has 1 atom stereocenters. The van der Waals surface area contributed by atoms with Crippen LogP contribution in [0.1, 0.15) is 30.1 Å². The molecule has 1 fully saturated rings. The summed E-state index contributed by atoms with van der Waals surface area (Å²) < 4.78 is 4.91. The van der Waals surface area contributed by atoms with Crippen molar-refractivity contribution in [2.24, 2.45) is 5.92 Å². The van der Waals surface area contributed by atoms with Crippen molar-refractivity contribution in [2.45, 2.75) is 25.8 Å². The molecule has 0 spiro atoms. The topological polar surface area (TPSA) is 111 Å². The minimum Gasteiger partial charge on any atom is -0.452 e. The molecule has 23 heavy (non-hydrogen) atoms. The number of anilines is 1. The fraction of sp³-hybridized carbons (Fsp3) is 0.467. The van der Waals surface area contributed by atoms with E-state index in [4.69, 9.17) is 4.74 Å². The standard InChI is InChI=1S/C15H19N3O5/c1-9(10-3-4-10)17-14(19)8-23-15(20)11-5-6-12(16-2)13(7-11)18(21)22/h5-7,9-10,16H,3-4,8H2,1-2H3,(H,17,19)/t9-/m1/s1. The number of esters is 1. The number of nitrogens with zero attached hydrogens (tertiary/aromatic N) is 1. The minimum absolute atomic E-state index is 0.0266. The molecule has 1 aromatic carbocycles. The monoisotopic (exact) mass is 321 g/mol. The third-order valence-corrected chi connectivity index (χ3v) is 3.75. The molecule has 1 aromatic rings. The smallest absolute Gasteiger partial charge is 0.338 e. The Morgan fingerprint density at radius 1 is 1.43 bits per heavy atom. The van der Waals surface area contributed by atoms with Crippen molar-refractivity contribution in [1.29, 1.82) is 0 Å². The Balaban J connectivity index is 1.93. The highest BCUT2D eigenvalue weighted by Crippen LogP contribution is 2.32. The Labute approximate surface area is 133 Å². The van der Waals surface area contributed by atoms with Crippen molar-refractivity contribution in [1.82, 2.24) is 5.32 Å². The zero-order chi connectivity index (χ0) is 17.0. The lowest BCUT2D eigenvalue weighted by atomic mass is 10.1. The fourth-order valence-electron chi connectivity index (χ4n) is 2.25. The molecular formula is C15H19N3O5. The molecule has 0 unspecified atom stereocenters. The lowest BCUT2D eigenvalue weighted by Crippen LogP contribution is -2.37. The van der Waals surface area contributed by atoms with Crippen molar-refractivity contribution >= 4 is 23.3 Å². The number of nitro benzene ring substituents is 1. The molecule has 0 bridgehead atoms. The van der Waals surface area contributed by atoms with Gasteiger partial charge in [-0.1, -0.05) is 0 Å². The van der Waals surface area contributed by atoms with Gasteiger partial charge < -0.3 is 15.4 Å². The third-order valence-electron chi connectivity index (χ3n) is 3.75. The number of ether oxygens (including phenoxy) is 1. The zero-order valence-electron chi connectivity index (χ0n) is 13.0. The van der Waals surface area contributed by atoms with E-state index in [0.717, 1.165) is 18.9 Å². The molecule has 1 aliphatic rings. The number of carbonyl (C=O) groups excluding carboxylic acids is 2. The number of benzene rings is 1. The van der Waals surface area contributed by atoms with Gasteiger partial charge in [-0.3, -0.25) is 14.9 Å². The molecule has 0 saturated heterocycles. The number of nitrogens with one attached hydrogen (secondary N) is 2. The third kappa shape index (κ3) is 4.41. The van der Waals surface area contributed by atoms with Gasteiger partial charge in [-0.25, -0.2) is 4.79 Å². The van der Waals surface area contributed by atoms with Crippen LogP contribution in [0.4, 0.5) is 11.4 Å². The Hall–Kier alpha value is -2.64. The summed E-state index contributed by atoms with van der Waals surface area (Å²) in [4.78, 5) is 34.0. The molecule has 2 rings (SSSR count). The maximum Gasteiger partial charge on any atom is 0.338 e. The van der Waals surface area contributed by atoms with E-state index in [1.807, 2.05) is 6.92 Å². The normalized spacial score (nSPS) is 14.7. The van der Waals surface area contributed by atoms with E-state index in [9.17, 15) is 19.7 Å². The van der Waals surface area contributed by atoms with Gasteiger partial charge in [0.2, 0.25) is 0 Å². The fourth-order valence-corrected chi connectivity index (χ4v) is 2.25. The van der Waals surface area contributed by atoms with Crippen molar-refractivity contribution in [3.05, 3.63) is 33.9 Å². The van der Waals surface area contributed by atoms with Crippen LogP contribution in [-0.2, 0) is 9.53 Å². The van der Waals surface area contributed by atoms with Crippen molar-refractivity contribution in [3.63, 3.8) is 0 Å². The van der Waals surface area contributed by atoms with Gasteiger partial charge in [-0.2, -0.15) is 0 Å². The molecule has 1 amide bonds. The van der Waals surface area contributed by atoms with Crippen LogP contribution in [-0.4, -0.2) is 36.5 Å². The van der Waals surface area contributed by atoms with Crippen molar-refractivity contribution in [3.8, 4) is 0 Å². The summed E-state index contributed by atoms with van der Waals surface area (Å²) in [5.41, 5.74) is 0.0926. The van der Waals surface area contributed by atoms with E-state index >= 15 is 0 Å². The SMILES string of the molecule is CNc1ccc(C(=O)OCC(=O)N[C@H](C)C2CC2)cc1[N+](=O)[O-]. The second-order valence-electron chi connectivity index (χ2n) is 5.51. The molecule has 0 aromatic heterocycles. The molecule has 1 saturated carbocycles. The van der Waals surface area contributed by atoms with Gasteiger partial charge in [0.15, 0.2) is 6.61 Å². The molecule has 124 valence electrons. The second-order valence-corrected chi connectivity index (χ2v) is 5.51. The first-order valence-corrected chi connectivity index (χ1v) is 7.35. The molecule has 0 aliphatic heterocycles. The van der Waals surface area contributed by atoms with Crippen LogP contribution < -0.4 is 10.6 Å². The lowest BCUT2D eigenvalue weighted by molar-refractivity contribution is -0.384. The summed E-state index contributed by atoms with van der Waals surface area (Å²) in [6, 6.07) is 4.02. The number of amides is 1. The largest absolute Gasteiger partial charge is 0.452 e. The van der Waals surface area contributed by atoms with Crippen LogP contribution in [0.5, 0.6) is 0 Å². The van der Waals surface area contributed by atoms with Gasteiger partial charge in [0.1, 0.15) is 5.69 Å². The van der Waals surface area contributed by atoms with Crippen LogP contribution in [0.2, 0.25) is 0 Å². The molecular weight excluding hydrogens is 302 g/mol. The van der Waals surface area contributed by atoms with Crippen LogP contribution in [0.15, 0.2) is 18.2 Å². The van der Waals surface area contributed by atoms with Gasteiger partial charge in [0.25, 0.3) is 11.6 Å². The highest BCUT2D eigenvalue weighted by atomic mass is 16.6. The lowest BCUT2D eigenvalue weighted by Gasteiger charge is -2.12. The Morgan fingerprint density at radius 2 is 2.13 bits per heavy atom. The first-order valence-electron chi connectivity index (χ1n) is 7.35. The van der Waals surface area contributed by atoms with Gasteiger partial charge in [0.05, 0.1) is 10.5 Å². The average molecular weight is 321 g/mol. The summed E-state index contributed by atoms with van der Waals surface area (Å²) >= 11 is 0. The van der Waals surface area contributed by atoms with E-state index in [1.54, 1.807) is 7.05 Å². The molecule has 2 N–H and O–H groups in total. The van der Waals surface area contributed by atoms with Gasteiger partial charge in [-0.05, 0) is 37.8 Å². The van der Waals surface area contributed by atoms with E-state index in [-0.39, 0.29) is 23.2 Å². The quantitative estimate of drug-likeness (QED) is 0.449. The highest BCUT2D eigenvalue weighted by Gasteiger charge is 2.29. The summed E-state index contributed by atoms with van der Waals surface area (Å²) in [6.45, 7) is 1.51. The van der Waals surface area contributed by atoms with E-state index < -0.39 is 17.5 Å². The summed E-state index contributed by atoms with van der Waals surface area (Å²) in [5.74, 6) is -0.643. The molecule has 0 heterocycles. The average Bonchev–Trinajstić information content (AvgIpc) is 3.36. The number of rotatable bonds is 7. The summed E-state index contributed by atoms with van der Waals surface area (Å²) in [5, 5.41) is 16.4. The van der Waals surface area contributed by atoms with E-state index in [1.165, 1.54) is 12.1 Å². The predicted octanol–water partition coefficient (Wildman–Crippen LogP) is 1.71. The van der Waals surface area contributed by atoms with Crippen LogP contribution in [0, 0.1) is 16.0 Å². The Morgan fingerprint density at radius 3 is 2.70 bits per heavy atom. The maximum absolute atomic E-state index is 11.9. The first kappa shape index (κ1) is 16.7.